The van der Waals surface area contributed by atoms with Gasteiger partial charge in [-0.05, 0) is 49.4 Å². The van der Waals surface area contributed by atoms with Crippen LogP contribution in [0.25, 0.3) is 10.9 Å². The Morgan fingerprint density at radius 3 is 2.77 bits per heavy atom. The maximum Gasteiger partial charge on any atom is 0.247 e. The van der Waals surface area contributed by atoms with E-state index in [1.165, 1.54) is 24.5 Å². The molecule has 0 unspecified atom stereocenters. The van der Waals surface area contributed by atoms with E-state index in [1.54, 1.807) is 24.3 Å². The summed E-state index contributed by atoms with van der Waals surface area (Å²) in [7, 11) is 2.02. The Kier molecular flexibility index (Phi) is 8.09. The van der Waals surface area contributed by atoms with Gasteiger partial charge in [0.05, 0.1) is 21.9 Å². The van der Waals surface area contributed by atoms with Crippen molar-refractivity contribution in [3.05, 3.63) is 89.7 Å². The van der Waals surface area contributed by atoms with E-state index in [0.717, 1.165) is 31.7 Å². The van der Waals surface area contributed by atoms with E-state index in [9.17, 15) is 9.18 Å². The maximum absolute atomic E-state index is 15.1. The summed E-state index contributed by atoms with van der Waals surface area (Å²) in [6.07, 6.45) is 3.31. The molecule has 2 N–H and O–H groups in total. The third-order valence-corrected chi connectivity index (χ3v) is 6.68. The highest BCUT2D eigenvalue weighted by Gasteiger charge is 2.23. The molecule has 0 saturated carbocycles. The van der Waals surface area contributed by atoms with Crippen molar-refractivity contribution in [1.29, 1.82) is 0 Å². The van der Waals surface area contributed by atoms with Gasteiger partial charge in [0, 0.05) is 30.6 Å². The van der Waals surface area contributed by atoms with Gasteiger partial charge in [0.25, 0.3) is 0 Å². The number of rotatable bonds is 9. The lowest BCUT2D eigenvalue weighted by atomic mass is 10.1. The number of ether oxygens (including phenoxy) is 2. The Morgan fingerprint density at radius 1 is 1.18 bits per heavy atom. The lowest BCUT2D eigenvalue weighted by molar-refractivity contribution is -0.111. The van der Waals surface area contributed by atoms with E-state index in [4.69, 9.17) is 21.1 Å². The van der Waals surface area contributed by atoms with E-state index in [2.05, 4.69) is 32.1 Å². The number of fused-ring (bicyclic) bond motifs is 1. The second-order valence-corrected chi connectivity index (χ2v) is 9.79. The molecule has 2 heterocycles. The van der Waals surface area contributed by atoms with Crippen molar-refractivity contribution in [1.82, 2.24) is 14.9 Å². The normalized spacial score (nSPS) is 15.2. The summed E-state index contributed by atoms with van der Waals surface area (Å²) in [5.41, 5.74) is 1.56. The van der Waals surface area contributed by atoms with Crippen LogP contribution < -0.4 is 20.1 Å². The van der Waals surface area contributed by atoms with E-state index < -0.39 is 17.5 Å². The molecule has 1 amide bonds. The van der Waals surface area contributed by atoms with Crippen LogP contribution in [0.4, 0.5) is 26.0 Å². The average Bonchev–Trinajstić information content (AvgIpc) is 3.34. The first kappa shape index (κ1) is 27.3. The Labute approximate surface area is 234 Å². The molecule has 0 bridgehead atoms. The fourth-order valence-electron chi connectivity index (χ4n) is 4.38. The molecule has 0 radical (unpaired) electrons. The first-order valence-corrected chi connectivity index (χ1v) is 12.9. The minimum atomic E-state index is -0.643. The number of nitrogens with zero attached hydrogens (tertiary/aromatic N) is 3. The molecule has 1 aliphatic heterocycles. The molecule has 8 nitrogen and oxygen atoms in total. The molecule has 0 aliphatic carbocycles. The van der Waals surface area contributed by atoms with E-state index >= 15 is 4.39 Å². The van der Waals surface area contributed by atoms with Crippen LogP contribution in [-0.4, -0.2) is 47.0 Å². The van der Waals surface area contributed by atoms with Crippen LogP contribution in [0.3, 0.4) is 0 Å². The van der Waals surface area contributed by atoms with Crippen molar-refractivity contribution in [3.63, 3.8) is 0 Å². The molecule has 1 atom stereocenters. The summed E-state index contributed by atoms with van der Waals surface area (Å²) in [6.45, 7) is 5.20. The van der Waals surface area contributed by atoms with E-state index in [-0.39, 0.29) is 35.0 Å². The Hall–Kier alpha value is -4.28. The Bertz CT molecular complexity index is 1590. The van der Waals surface area contributed by atoms with Crippen molar-refractivity contribution >= 4 is 45.6 Å². The lowest BCUT2D eigenvalue weighted by Crippen LogP contribution is -2.22. The minimum absolute atomic E-state index is 0.0149. The summed E-state index contributed by atoms with van der Waals surface area (Å²) in [6, 6.07) is 11.8. The zero-order valence-electron chi connectivity index (χ0n) is 21.6. The number of hydrogen-bond donors (Lipinski definition) is 2. The largest absolute Gasteiger partial charge is 0.487 e. The fraction of sp³-hybridized carbons (Fsp3) is 0.207. The van der Waals surface area contributed by atoms with Crippen molar-refractivity contribution in [2.45, 2.75) is 19.1 Å². The Morgan fingerprint density at radius 2 is 2.02 bits per heavy atom. The van der Waals surface area contributed by atoms with Gasteiger partial charge in [0.15, 0.2) is 0 Å². The summed E-state index contributed by atoms with van der Waals surface area (Å²) in [5, 5.41) is 6.40. The van der Waals surface area contributed by atoms with Crippen molar-refractivity contribution in [2.24, 2.45) is 0 Å². The molecule has 4 aromatic rings. The number of halogens is 3. The van der Waals surface area contributed by atoms with Gasteiger partial charge in [0.1, 0.15) is 48.0 Å². The molecule has 1 fully saturated rings. The molecule has 206 valence electrons. The highest BCUT2D eigenvalue weighted by Crippen LogP contribution is 2.37. The van der Waals surface area contributed by atoms with Crippen LogP contribution >= 0.6 is 11.6 Å². The molecule has 1 saturated heterocycles. The zero-order valence-corrected chi connectivity index (χ0v) is 22.3. The number of carbonyl (C=O) groups is 1. The summed E-state index contributed by atoms with van der Waals surface area (Å²) < 4.78 is 40.4. The third-order valence-electron chi connectivity index (χ3n) is 6.38. The topological polar surface area (TPSA) is 88.6 Å². The van der Waals surface area contributed by atoms with Crippen LogP contribution in [-0.2, 0) is 11.4 Å². The molecular weight excluding hydrogens is 540 g/mol. The second-order valence-electron chi connectivity index (χ2n) is 9.38. The number of carbonyl (C=O) groups excluding carboxylic acids is 1. The number of hydrogen-bond acceptors (Lipinski definition) is 7. The first-order chi connectivity index (χ1) is 19.3. The van der Waals surface area contributed by atoms with Gasteiger partial charge in [-0.15, -0.1) is 0 Å². The predicted molar refractivity (Wildman–Crippen MR) is 150 cm³/mol. The van der Waals surface area contributed by atoms with Gasteiger partial charge in [-0.2, -0.15) is 0 Å². The van der Waals surface area contributed by atoms with E-state index in [0.29, 0.717) is 27.9 Å². The van der Waals surface area contributed by atoms with Crippen LogP contribution in [0.2, 0.25) is 5.02 Å². The minimum Gasteiger partial charge on any atom is -0.487 e. The summed E-state index contributed by atoms with van der Waals surface area (Å²) in [5.74, 6) is -0.597. The summed E-state index contributed by atoms with van der Waals surface area (Å²) in [4.78, 5) is 23.0. The smallest absolute Gasteiger partial charge is 0.247 e. The maximum atomic E-state index is 15.1. The Balaban J connectivity index is 1.42. The molecule has 3 aromatic carbocycles. The second kappa shape index (κ2) is 11.8. The fourth-order valence-corrected chi connectivity index (χ4v) is 4.60. The van der Waals surface area contributed by atoms with Crippen molar-refractivity contribution in [2.75, 3.05) is 30.8 Å². The zero-order chi connectivity index (χ0) is 28.2. The average molecular weight is 566 g/mol. The van der Waals surface area contributed by atoms with Gasteiger partial charge in [-0.3, -0.25) is 4.79 Å². The van der Waals surface area contributed by atoms with Gasteiger partial charge in [-0.1, -0.05) is 30.3 Å². The number of nitrogens with one attached hydrogen (secondary N) is 2. The standard InChI is InChI=1S/C29H26ClF2N5O3/c1-3-28(38)35-25-10-20-23(13-27(25)40-19-7-8-37(2)14-19)33-16-34-29(20)36-24-11-21(30)26(12-22(24)32)39-15-17-5-4-6-18(31)9-17/h3-6,9-13,16,19H,1,7-8,14-15H2,2H3,(H,35,38)(H,33,34,36)/t19-/m1/s1. The number of likely N-dealkylation sites (N-methyl/N-ethyl adjacent to an activating group) is 1. The first-order valence-electron chi connectivity index (χ1n) is 12.5. The number of amides is 1. The number of benzene rings is 3. The number of aromatic nitrogens is 2. The SMILES string of the molecule is C=CC(=O)Nc1cc2c(Nc3cc(Cl)c(OCc4cccc(F)c4)cc3F)ncnc2cc1O[C@@H]1CCN(C)C1. The molecule has 1 aliphatic rings. The number of likely N-dealkylation sites (tertiary alicyclic amines) is 1. The van der Waals surface area contributed by atoms with Crippen LogP contribution in [0.5, 0.6) is 11.5 Å². The van der Waals surface area contributed by atoms with Crippen molar-refractivity contribution < 1.29 is 23.0 Å². The predicted octanol–water partition coefficient (Wildman–Crippen LogP) is 6.09. The van der Waals surface area contributed by atoms with Gasteiger partial charge < -0.3 is 25.0 Å². The molecule has 1 aromatic heterocycles. The molecular formula is C29H26ClF2N5O3. The molecule has 40 heavy (non-hydrogen) atoms. The third kappa shape index (κ3) is 6.30. The highest BCUT2D eigenvalue weighted by molar-refractivity contribution is 6.32. The van der Waals surface area contributed by atoms with Crippen molar-refractivity contribution in [3.8, 4) is 11.5 Å². The van der Waals surface area contributed by atoms with Crippen LogP contribution in [0, 0.1) is 11.6 Å². The highest BCUT2D eigenvalue weighted by atomic mass is 35.5. The molecule has 0 spiro atoms. The van der Waals surface area contributed by atoms with E-state index in [1.807, 2.05) is 7.05 Å². The monoisotopic (exact) mass is 565 g/mol. The summed E-state index contributed by atoms with van der Waals surface area (Å²) >= 11 is 6.38. The van der Waals surface area contributed by atoms with Gasteiger partial charge in [0.2, 0.25) is 5.91 Å². The molecule has 11 heteroatoms. The lowest BCUT2D eigenvalue weighted by Gasteiger charge is -2.18. The van der Waals surface area contributed by atoms with Gasteiger partial charge in [-0.25, -0.2) is 18.7 Å². The van der Waals surface area contributed by atoms with Crippen LogP contribution in [0.1, 0.15) is 12.0 Å². The quantitative estimate of drug-likeness (QED) is 0.237. The molecule has 5 rings (SSSR count). The van der Waals surface area contributed by atoms with Crippen LogP contribution in [0.15, 0.2) is 67.5 Å². The van der Waals surface area contributed by atoms with Gasteiger partial charge >= 0.3 is 0 Å². The number of anilines is 3.